The molecule has 25 heavy (non-hydrogen) atoms. The smallest absolute Gasteiger partial charge is 0.306 e. The number of hydrogen-bond acceptors (Lipinski definition) is 3. The van der Waals surface area contributed by atoms with E-state index in [1.165, 1.54) is 24.8 Å². The van der Waals surface area contributed by atoms with E-state index in [2.05, 4.69) is 19.2 Å². The van der Waals surface area contributed by atoms with E-state index in [9.17, 15) is 9.59 Å². The number of benzene rings is 1. The summed E-state index contributed by atoms with van der Waals surface area (Å²) in [4.78, 5) is 24.0. The summed E-state index contributed by atoms with van der Waals surface area (Å²) < 4.78 is 5.17. The van der Waals surface area contributed by atoms with Crippen LogP contribution in [0, 0.1) is 17.8 Å². The van der Waals surface area contributed by atoms with E-state index in [0.29, 0.717) is 24.2 Å². The molecule has 2 fully saturated rings. The zero-order chi connectivity index (χ0) is 17.8. The van der Waals surface area contributed by atoms with Crippen molar-refractivity contribution in [3.63, 3.8) is 0 Å². The van der Waals surface area contributed by atoms with Gasteiger partial charge in [-0.1, -0.05) is 32.4 Å². The summed E-state index contributed by atoms with van der Waals surface area (Å²) in [6, 6.07) is 7.86. The van der Waals surface area contributed by atoms with E-state index >= 15 is 0 Å². The molecule has 4 heteroatoms. The normalized spacial score (nSPS) is 25.6. The van der Waals surface area contributed by atoms with Crippen LogP contribution in [-0.2, 0) is 14.3 Å². The van der Waals surface area contributed by atoms with Crippen molar-refractivity contribution in [3.05, 3.63) is 29.8 Å². The maximum atomic E-state index is 12.0. The summed E-state index contributed by atoms with van der Waals surface area (Å²) in [5.41, 5.74) is 2.00. The monoisotopic (exact) mass is 343 g/mol. The summed E-state index contributed by atoms with van der Waals surface area (Å²) >= 11 is 0. The third-order valence-corrected chi connectivity index (χ3v) is 6.05. The summed E-state index contributed by atoms with van der Waals surface area (Å²) in [5, 5.41) is 2.79. The third-order valence-electron chi connectivity index (χ3n) is 6.05. The Morgan fingerprint density at radius 1 is 1.20 bits per heavy atom. The molecule has 4 nitrogen and oxygen atoms in total. The number of carbonyl (C=O) groups excluding carboxylic acids is 2. The van der Waals surface area contributed by atoms with Crippen LogP contribution in [-0.4, -0.2) is 18.5 Å². The second kappa shape index (κ2) is 8.03. The molecule has 1 aromatic carbocycles. The molecule has 0 radical (unpaired) electrons. The number of hydrogen-bond donors (Lipinski definition) is 1. The van der Waals surface area contributed by atoms with E-state index in [0.717, 1.165) is 24.4 Å². The molecule has 0 unspecified atom stereocenters. The first-order valence-electron chi connectivity index (χ1n) is 9.60. The van der Waals surface area contributed by atoms with Crippen LogP contribution in [0.3, 0.4) is 0 Å². The molecular weight excluding hydrogens is 314 g/mol. The van der Waals surface area contributed by atoms with Crippen molar-refractivity contribution < 1.29 is 14.3 Å². The fourth-order valence-corrected chi connectivity index (χ4v) is 4.37. The van der Waals surface area contributed by atoms with Gasteiger partial charge in [-0.05, 0) is 67.1 Å². The lowest BCUT2D eigenvalue weighted by atomic mass is 9.86. The largest absolute Gasteiger partial charge is 0.456 e. The molecule has 0 heterocycles. The molecule has 4 atom stereocenters. The molecule has 2 aliphatic carbocycles. The van der Waals surface area contributed by atoms with Crippen LogP contribution < -0.4 is 5.32 Å². The highest BCUT2D eigenvalue weighted by atomic mass is 16.5. The van der Waals surface area contributed by atoms with Crippen molar-refractivity contribution in [2.45, 2.75) is 58.3 Å². The lowest BCUT2D eigenvalue weighted by molar-refractivity contribution is -0.148. The van der Waals surface area contributed by atoms with Gasteiger partial charge in [-0.2, -0.15) is 0 Å². The van der Waals surface area contributed by atoms with Crippen molar-refractivity contribution in [3.8, 4) is 0 Å². The van der Waals surface area contributed by atoms with Crippen molar-refractivity contribution in [2.75, 3.05) is 11.9 Å². The second-order valence-corrected chi connectivity index (χ2v) is 7.78. The Hall–Kier alpha value is -1.84. The Labute approximate surface area is 150 Å². The molecule has 2 bridgehead atoms. The Morgan fingerprint density at radius 2 is 1.96 bits per heavy atom. The van der Waals surface area contributed by atoms with Gasteiger partial charge in [0.15, 0.2) is 6.61 Å². The number of esters is 1. The van der Waals surface area contributed by atoms with Crippen molar-refractivity contribution in [1.29, 1.82) is 0 Å². The van der Waals surface area contributed by atoms with Gasteiger partial charge in [-0.3, -0.25) is 9.59 Å². The highest BCUT2D eigenvalue weighted by Crippen LogP contribution is 2.49. The van der Waals surface area contributed by atoms with Crippen LogP contribution >= 0.6 is 0 Å². The van der Waals surface area contributed by atoms with Crippen LogP contribution in [0.2, 0.25) is 0 Å². The SMILES string of the molecule is CC[C@@H](C)c1ccc(NC(=O)COC(=O)C[C@@H]2C[C@H]3CC[C@H]2C3)cc1. The van der Waals surface area contributed by atoms with Gasteiger partial charge < -0.3 is 10.1 Å². The molecule has 1 amide bonds. The van der Waals surface area contributed by atoms with Gasteiger partial charge in [0.25, 0.3) is 5.91 Å². The average molecular weight is 343 g/mol. The molecule has 3 rings (SSSR count). The quantitative estimate of drug-likeness (QED) is 0.741. The van der Waals surface area contributed by atoms with Gasteiger partial charge in [-0.15, -0.1) is 0 Å². The van der Waals surface area contributed by atoms with Gasteiger partial charge in [-0.25, -0.2) is 0 Å². The number of nitrogens with one attached hydrogen (secondary N) is 1. The number of ether oxygens (including phenoxy) is 1. The molecule has 0 aliphatic heterocycles. The number of carbonyl (C=O) groups is 2. The number of anilines is 1. The Kier molecular flexibility index (Phi) is 5.77. The predicted molar refractivity (Wildman–Crippen MR) is 98.3 cm³/mol. The standard InChI is InChI=1S/C21H29NO3/c1-3-14(2)16-6-8-19(9-7-16)22-20(23)13-25-21(24)12-18-11-15-4-5-17(18)10-15/h6-9,14-15,17-18H,3-5,10-13H2,1-2H3,(H,22,23)/t14-,15+,17+,18+/m1/s1. The van der Waals surface area contributed by atoms with Crippen LogP contribution in [0.1, 0.15) is 63.9 Å². The van der Waals surface area contributed by atoms with Gasteiger partial charge >= 0.3 is 5.97 Å². The fraction of sp³-hybridized carbons (Fsp3) is 0.619. The van der Waals surface area contributed by atoms with Gasteiger partial charge in [0, 0.05) is 12.1 Å². The zero-order valence-corrected chi connectivity index (χ0v) is 15.3. The molecule has 136 valence electrons. The maximum absolute atomic E-state index is 12.0. The summed E-state index contributed by atoms with van der Waals surface area (Å²) in [5.74, 6) is 2.00. The lowest BCUT2D eigenvalue weighted by Crippen LogP contribution is -2.23. The minimum Gasteiger partial charge on any atom is -0.456 e. The summed E-state index contributed by atoms with van der Waals surface area (Å²) in [7, 11) is 0. The summed E-state index contributed by atoms with van der Waals surface area (Å²) in [6.07, 6.45) is 6.59. The Morgan fingerprint density at radius 3 is 2.56 bits per heavy atom. The number of fused-ring (bicyclic) bond motifs is 2. The zero-order valence-electron chi connectivity index (χ0n) is 15.3. The van der Waals surface area contributed by atoms with Gasteiger partial charge in [0.05, 0.1) is 0 Å². The number of amides is 1. The van der Waals surface area contributed by atoms with E-state index in [4.69, 9.17) is 4.74 Å². The van der Waals surface area contributed by atoms with E-state index in [-0.39, 0.29) is 18.5 Å². The molecule has 1 N–H and O–H groups in total. The first-order valence-corrected chi connectivity index (χ1v) is 9.60. The number of rotatable bonds is 7. The Bertz CT molecular complexity index is 610. The minimum absolute atomic E-state index is 0.202. The first-order chi connectivity index (χ1) is 12.0. The molecule has 2 aliphatic rings. The van der Waals surface area contributed by atoms with E-state index in [1.54, 1.807) is 0 Å². The van der Waals surface area contributed by atoms with E-state index < -0.39 is 0 Å². The molecule has 1 aromatic rings. The molecule has 2 saturated carbocycles. The van der Waals surface area contributed by atoms with Gasteiger partial charge in [0.2, 0.25) is 0 Å². The molecule has 0 aromatic heterocycles. The second-order valence-electron chi connectivity index (χ2n) is 7.78. The molecule has 0 spiro atoms. The topological polar surface area (TPSA) is 55.4 Å². The molecular formula is C21H29NO3. The van der Waals surface area contributed by atoms with Gasteiger partial charge in [0.1, 0.15) is 0 Å². The Balaban J connectivity index is 1.39. The third kappa shape index (κ3) is 4.62. The van der Waals surface area contributed by atoms with Crippen LogP contribution in [0.25, 0.3) is 0 Å². The maximum Gasteiger partial charge on any atom is 0.306 e. The highest BCUT2D eigenvalue weighted by Gasteiger charge is 2.40. The lowest BCUT2D eigenvalue weighted by Gasteiger charge is -2.20. The van der Waals surface area contributed by atoms with Crippen LogP contribution in [0.5, 0.6) is 0 Å². The van der Waals surface area contributed by atoms with Crippen LogP contribution in [0.4, 0.5) is 5.69 Å². The fourth-order valence-electron chi connectivity index (χ4n) is 4.37. The first kappa shape index (κ1) is 18.0. The minimum atomic E-state index is -0.280. The van der Waals surface area contributed by atoms with Crippen molar-refractivity contribution in [2.24, 2.45) is 17.8 Å². The van der Waals surface area contributed by atoms with Crippen molar-refractivity contribution >= 4 is 17.6 Å². The van der Waals surface area contributed by atoms with E-state index in [1.807, 2.05) is 24.3 Å². The predicted octanol–water partition coefficient (Wildman–Crippen LogP) is 4.51. The summed E-state index contributed by atoms with van der Waals surface area (Å²) in [6.45, 7) is 4.14. The van der Waals surface area contributed by atoms with Crippen LogP contribution in [0.15, 0.2) is 24.3 Å². The average Bonchev–Trinajstić information content (AvgIpc) is 3.23. The van der Waals surface area contributed by atoms with Crippen molar-refractivity contribution in [1.82, 2.24) is 0 Å². The molecule has 0 saturated heterocycles. The highest BCUT2D eigenvalue weighted by molar-refractivity contribution is 5.92.